The number of hydrogen-bond acceptors (Lipinski definition) is 6. The molecular formula is C21H26N2O4S2. The Morgan fingerprint density at radius 1 is 1.17 bits per heavy atom. The summed E-state index contributed by atoms with van der Waals surface area (Å²) in [6.45, 7) is 1.90. The molecule has 1 amide bonds. The monoisotopic (exact) mass is 434 g/mol. The van der Waals surface area contributed by atoms with Gasteiger partial charge in [0.05, 0.1) is 11.5 Å². The molecule has 8 heteroatoms. The summed E-state index contributed by atoms with van der Waals surface area (Å²) in [4.78, 5) is 19.3. The molecule has 2 heterocycles. The molecule has 2 aromatic rings. The summed E-state index contributed by atoms with van der Waals surface area (Å²) in [5.74, 6) is 0.767. The summed E-state index contributed by atoms with van der Waals surface area (Å²) in [5, 5.41) is 2.97. The first-order valence-electron chi connectivity index (χ1n) is 10.1. The van der Waals surface area contributed by atoms with E-state index in [0.717, 1.165) is 41.9 Å². The molecule has 1 aromatic carbocycles. The third-order valence-corrected chi connectivity index (χ3v) is 8.45. The summed E-state index contributed by atoms with van der Waals surface area (Å²) >= 11 is 1.60. The van der Waals surface area contributed by atoms with Crippen molar-refractivity contribution in [3.8, 4) is 16.3 Å². The lowest BCUT2D eigenvalue weighted by Gasteiger charge is -2.34. The predicted octanol–water partition coefficient (Wildman–Crippen LogP) is 3.46. The average molecular weight is 435 g/mol. The number of sulfone groups is 1. The fourth-order valence-corrected chi connectivity index (χ4v) is 6.80. The van der Waals surface area contributed by atoms with Gasteiger partial charge in [0, 0.05) is 28.7 Å². The third kappa shape index (κ3) is 4.80. The third-order valence-electron chi connectivity index (χ3n) is 5.69. The first-order chi connectivity index (χ1) is 13.9. The highest BCUT2D eigenvalue weighted by molar-refractivity contribution is 7.91. The Kier molecular flexibility index (Phi) is 5.92. The summed E-state index contributed by atoms with van der Waals surface area (Å²) < 4.78 is 29.6. The van der Waals surface area contributed by atoms with Crippen LogP contribution in [0.5, 0.6) is 5.75 Å². The Morgan fingerprint density at radius 3 is 2.48 bits per heavy atom. The van der Waals surface area contributed by atoms with E-state index >= 15 is 0 Å². The lowest BCUT2D eigenvalue weighted by Crippen LogP contribution is -2.48. The number of carbonyl (C=O) groups is 1. The summed E-state index contributed by atoms with van der Waals surface area (Å²) in [6, 6.07) is 7.50. The second-order valence-electron chi connectivity index (χ2n) is 7.90. The van der Waals surface area contributed by atoms with Crippen molar-refractivity contribution < 1.29 is 17.9 Å². The van der Waals surface area contributed by atoms with E-state index in [4.69, 9.17) is 4.74 Å². The molecule has 1 aromatic heterocycles. The quantitative estimate of drug-likeness (QED) is 0.696. The molecule has 1 saturated carbocycles. The van der Waals surface area contributed by atoms with E-state index in [2.05, 4.69) is 4.98 Å². The molecule has 1 aliphatic carbocycles. The van der Waals surface area contributed by atoms with Gasteiger partial charge in [0.1, 0.15) is 10.8 Å². The number of nitrogens with zero attached hydrogens (tertiary/aromatic N) is 2. The number of ether oxygens (including phenoxy) is 1. The van der Waals surface area contributed by atoms with E-state index in [1.807, 2.05) is 41.5 Å². The molecule has 0 N–H and O–H groups in total. The number of amides is 1. The van der Waals surface area contributed by atoms with Crippen molar-refractivity contribution in [1.29, 1.82) is 0 Å². The largest absolute Gasteiger partial charge is 0.484 e. The molecule has 1 atom stereocenters. The molecule has 1 saturated heterocycles. The predicted molar refractivity (Wildman–Crippen MR) is 114 cm³/mol. The minimum Gasteiger partial charge on any atom is -0.484 e. The van der Waals surface area contributed by atoms with Crippen LogP contribution in [0.1, 0.15) is 37.8 Å². The van der Waals surface area contributed by atoms with Crippen molar-refractivity contribution in [2.75, 3.05) is 18.1 Å². The molecule has 1 aliphatic heterocycles. The first kappa shape index (κ1) is 20.3. The highest BCUT2D eigenvalue weighted by Gasteiger charge is 2.39. The van der Waals surface area contributed by atoms with Crippen LogP contribution in [0.25, 0.3) is 10.6 Å². The van der Waals surface area contributed by atoms with Crippen molar-refractivity contribution in [2.45, 2.75) is 51.1 Å². The van der Waals surface area contributed by atoms with Crippen LogP contribution in [-0.2, 0) is 14.6 Å². The lowest BCUT2D eigenvalue weighted by molar-refractivity contribution is -0.137. The van der Waals surface area contributed by atoms with Crippen molar-refractivity contribution in [3.63, 3.8) is 0 Å². The zero-order valence-corrected chi connectivity index (χ0v) is 18.2. The van der Waals surface area contributed by atoms with Gasteiger partial charge in [-0.1, -0.05) is 12.8 Å². The van der Waals surface area contributed by atoms with Crippen LogP contribution in [-0.4, -0.2) is 54.4 Å². The molecule has 4 rings (SSSR count). The Morgan fingerprint density at radius 2 is 1.90 bits per heavy atom. The Hall–Kier alpha value is -1.93. The van der Waals surface area contributed by atoms with Crippen molar-refractivity contribution in [1.82, 2.24) is 9.88 Å². The number of thiazole rings is 1. The van der Waals surface area contributed by atoms with Gasteiger partial charge in [-0.3, -0.25) is 4.79 Å². The molecule has 2 aliphatic rings. The van der Waals surface area contributed by atoms with Gasteiger partial charge in [-0.05, 0) is 50.5 Å². The molecule has 156 valence electrons. The fourth-order valence-electron chi connectivity index (χ4n) is 4.28. The van der Waals surface area contributed by atoms with Gasteiger partial charge in [0.25, 0.3) is 5.91 Å². The zero-order chi connectivity index (χ0) is 20.4. The number of benzene rings is 1. The van der Waals surface area contributed by atoms with Gasteiger partial charge >= 0.3 is 0 Å². The second kappa shape index (κ2) is 8.44. The van der Waals surface area contributed by atoms with Gasteiger partial charge in [-0.25, -0.2) is 13.4 Å². The van der Waals surface area contributed by atoms with Gasteiger partial charge in [-0.2, -0.15) is 0 Å². The van der Waals surface area contributed by atoms with Crippen molar-refractivity contribution in [3.05, 3.63) is 35.3 Å². The van der Waals surface area contributed by atoms with E-state index in [9.17, 15) is 13.2 Å². The van der Waals surface area contributed by atoms with Crippen LogP contribution < -0.4 is 4.74 Å². The van der Waals surface area contributed by atoms with Gasteiger partial charge in [-0.15, -0.1) is 11.3 Å². The number of carbonyl (C=O) groups excluding carboxylic acids is 1. The van der Waals surface area contributed by atoms with E-state index in [1.54, 1.807) is 11.3 Å². The Bertz CT molecular complexity index is 963. The van der Waals surface area contributed by atoms with Crippen molar-refractivity contribution >= 4 is 27.1 Å². The topological polar surface area (TPSA) is 76.6 Å². The summed E-state index contributed by atoms with van der Waals surface area (Å²) in [5.41, 5.74) is 2.02. The van der Waals surface area contributed by atoms with Crippen LogP contribution >= 0.6 is 11.3 Å². The first-order valence-corrected chi connectivity index (χ1v) is 12.8. The highest BCUT2D eigenvalue weighted by Crippen LogP contribution is 2.30. The summed E-state index contributed by atoms with van der Waals surface area (Å²) in [6.07, 6.45) is 4.61. The average Bonchev–Trinajstić information content (AvgIpc) is 3.43. The smallest absolute Gasteiger partial charge is 0.261 e. The molecule has 2 fully saturated rings. The van der Waals surface area contributed by atoms with Crippen LogP contribution in [0.15, 0.2) is 29.6 Å². The Balaban J connectivity index is 1.41. The van der Waals surface area contributed by atoms with Crippen molar-refractivity contribution in [2.24, 2.45) is 0 Å². The number of rotatable bonds is 6. The SMILES string of the molecule is Cc1csc(-c2ccc(OCC(=O)N(C3CCCC3)C3CCS(=O)(=O)C3)cc2)n1. The van der Waals surface area contributed by atoms with Crippen LogP contribution in [0, 0.1) is 6.92 Å². The van der Waals surface area contributed by atoms with E-state index < -0.39 is 9.84 Å². The molecule has 0 radical (unpaired) electrons. The summed E-state index contributed by atoms with van der Waals surface area (Å²) in [7, 11) is -3.04. The lowest BCUT2D eigenvalue weighted by atomic mass is 10.1. The van der Waals surface area contributed by atoms with Crippen LogP contribution in [0.2, 0.25) is 0 Å². The van der Waals surface area contributed by atoms with E-state index in [0.29, 0.717) is 12.2 Å². The number of aromatic nitrogens is 1. The maximum absolute atomic E-state index is 13.0. The zero-order valence-electron chi connectivity index (χ0n) is 16.5. The van der Waals surface area contributed by atoms with Gasteiger partial charge < -0.3 is 9.64 Å². The maximum Gasteiger partial charge on any atom is 0.261 e. The highest BCUT2D eigenvalue weighted by atomic mass is 32.2. The number of aryl methyl sites for hydroxylation is 1. The Labute approximate surface area is 175 Å². The van der Waals surface area contributed by atoms with Crippen LogP contribution in [0.4, 0.5) is 0 Å². The number of hydrogen-bond donors (Lipinski definition) is 0. The molecular weight excluding hydrogens is 408 g/mol. The minimum atomic E-state index is -3.04. The minimum absolute atomic E-state index is 0.0667. The van der Waals surface area contributed by atoms with Gasteiger partial charge in [0.2, 0.25) is 0 Å². The molecule has 0 spiro atoms. The second-order valence-corrected chi connectivity index (χ2v) is 11.0. The fraction of sp³-hybridized carbons (Fsp3) is 0.524. The molecule has 1 unspecified atom stereocenters. The van der Waals surface area contributed by atoms with Crippen LogP contribution in [0.3, 0.4) is 0 Å². The maximum atomic E-state index is 13.0. The van der Waals surface area contributed by atoms with E-state index in [1.165, 1.54) is 0 Å². The van der Waals surface area contributed by atoms with Gasteiger partial charge in [0.15, 0.2) is 16.4 Å². The molecule has 6 nitrogen and oxygen atoms in total. The standard InChI is InChI=1S/C21H26N2O4S2/c1-15-13-28-21(22-15)16-6-8-19(9-7-16)27-12-20(24)23(17-4-2-3-5-17)18-10-11-29(25,26)14-18/h6-9,13,17-18H,2-5,10-12,14H2,1H3. The molecule has 0 bridgehead atoms. The normalized spacial score (nSPS) is 21.3. The molecule has 29 heavy (non-hydrogen) atoms. The van der Waals surface area contributed by atoms with E-state index in [-0.39, 0.29) is 36.1 Å².